The number of hydrazone groups is 2. The van der Waals surface area contributed by atoms with E-state index in [2.05, 4.69) is 21.1 Å². The van der Waals surface area contributed by atoms with Crippen molar-refractivity contribution in [3.05, 3.63) is 104 Å². The van der Waals surface area contributed by atoms with Gasteiger partial charge in [-0.3, -0.25) is 31.1 Å². The average Bonchev–Trinajstić information content (AvgIpc) is 2.75. The van der Waals surface area contributed by atoms with Gasteiger partial charge in [-0.1, -0.05) is 36.4 Å². The number of para-hydroxylation sites is 2. The van der Waals surface area contributed by atoms with Crippen molar-refractivity contribution in [2.75, 3.05) is 10.9 Å². The molecule has 0 bridgehead atoms. The van der Waals surface area contributed by atoms with Crippen molar-refractivity contribution in [1.82, 2.24) is 0 Å². The quantitative estimate of drug-likeness (QED) is 0.325. The van der Waals surface area contributed by atoms with Gasteiger partial charge in [0, 0.05) is 0 Å². The predicted molar refractivity (Wildman–Crippen MR) is 115 cm³/mol. The zero-order valence-corrected chi connectivity index (χ0v) is 15.5. The van der Waals surface area contributed by atoms with Crippen molar-refractivity contribution in [1.29, 1.82) is 0 Å². The van der Waals surface area contributed by atoms with Crippen LogP contribution in [-0.2, 0) is 0 Å². The summed E-state index contributed by atoms with van der Waals surface area (Å²) in [6.45, 7) is 0. The molecule has 3 aromatic carbocycles. The molecule has 150 valence electrons. The first kappa shape index (κ1) is 20.1. The lowest BCUT2D eigenvalue weighted by atomic mass is 10.1. The lowest BCUT2D eigenvalue weighted by Crippen LogP contribution is -2.03. The van der Waals surface area contributed by atoms with Crippen molar-refractivity contribution >= 4 is 35.2 Å². The number of nitro groups is 2. The van der Waals surface area contributed by atoms with Crippen molar-refractivity contribution in [2.45, 2.75) is 0 Å². The predicted octanol–water partition coefficient (Wildman–Crippen LogP) is 4.40. The highest BCUT2D eigenvalue weighted by Crippen LogP contribution is 2.27. The lowest BCUT2D eigenvalue weighted by Gasteiger charge is -2.03. The highest BCUT2D eigenvalue weighted by molar-refractivity contribution is 5.94. The van der Waals surface area contributed by atoms with Gasteiger partial charge in [0.15, 0.2) is 0 Å². The summed E-state index contributed by atoms with van der Waals surface area (Å²) in [5, 5.41) is 30.8. The Kier molecular flexibility index (Phi) is 6.41. The molecule has 0 aliphatic heterocycles. The fourth-order valence-electron chi connectivity index (χ4n) is 2.51. The fourth-order valence-corrected chi connectivity index (χ4v) is 2.51. The molecule has 0 aliphatic carbocycles. The van der Waals surface area contributed by atoms with Crippen LogP contribution in [0.15, 0.2) is 83.0 Å². The molecule has 10 heteroatoms. The van der Waals surface area contributed by atoms with Crippen LogP contribution in [0.5, 0.6) is 0 Å². The Balaban J connectivity index is 1.91. The van der Waals surface area contributed by atoms with E-state index in [1.807, 2.05) is 12.1 Å². The molecule has 0 aliphatic rings. The van der Waals surface area contributed by atoms with Gasteiger partial charge < -0.3 is 0 Å². The molecule has 0 radical (unpaired) electrons. The molecule has 0 aromatic heterocycles. The summed E-state index contributed by atoms with van der Waals surface area (Å²) in [5.74, 6) is 0. The summed E-state index contributed by atoms with van der Waals surface area (Å²) < 4.78 is 0. The number of nitrogens with one attached hydrogen (secondary N) is 2. The van der Waals surface area contributed by atoms with Gasteiger partial charge in [0.05, 0.1) is 50.8 Å². The Bertz CT molecular complexity index is 1020. The monoisotopic (exact) mass is 404 g/mol. The normalized spacial score (nSPS) is 10.9. The van der Waals surface area contributed by atoms with Gasteiger partial charge in [-0.2, -0.15) is 10.2 Å². The van der Waals surface area contributed by atoms with Gasteiger partial charge in [-0.25, -0.2) is 0 Å². The highest BCUT2D eigenvalue weighted by atomic mass is 16.6. The van der Waals surface area contributed by atoms with Gasteiger partial charge in [0.25, 0.3) is 11.4 Å². The zero-order chi connectivity index (χ0) is 21.3. The number of nitro benzene ring substituents is 2. The molecule has 30 heavy (non-hydrogen) atoms. The molecule has 0 fully saturated rings. The van der Waals surface area contributed by atoms with E-state index in [-0.39, 0.29) is 11.1 Å². The van der Waals surface area contributed by atoms with E-state index in [9.17, 15) is 20.2 Å². The van der Waals surface area contributed by atoms with Crippen LogP contribution in [0.2, 0.25) is 0 Å². The summed E-state index contributed by atoms with van der Waals surface area (Å²) in [4.78, 5) is 21.4. The molecule has 3 aromatic rings. The average molecular weight is 404 g/mol. The number of hydrogen-bond acceptors (Lipinski definition) is 8. The molecule has 0 unspecified atom stereocenters. The molecule has 0 saturated carbocycles. The second-order valence-electron chi connectivity index (χ2n) is 5.96. The Morgan fingerprint density at radius 2 is 1.07 bits per heavy atom. The minimum atomic E-state index is -0.694. The maximum Gasteiger partial charge on any atom is 0.285 e. The zero-order valence-electron chi connectivity index (χ0n) is 15.5. The highest BCUT2D eigenvalue weighted by Gasteiger charge is 2.23. The van der Waals surface area contributed by atoms with Crippen LogP contribution in [-0.4, -0.2) is 22.3 Å². The summed E-state index contributed by atoms with van der Waals surface area (Å²) in [5.41, 5.74) is 6.18. The third-order valence-corrected chi connectivity index (χ3v) is 3.91. The van der Waals surface area contributed by atoms with E-state index < -0.39 is 21.2 Å². The van der Waals surface area contributed by atoms with Gasteiger partial charge in [0.1, 0.15) is 0 Å². The number of nitrogens with zero attached hydrogens (tertiary/aromatic N) is 4. The Morgan fingerprint density at radius 3 is 1.43 bits per heavy atom. The van der Waals surface area contributed by atoms with Crippen LogP contribution in [0, 0.1) is 20.2 Å². The first-order valence-corrected chi connectivity index (χ1v) is 8.69. The molecular weight excluding hydrogens is 388 g/mol. The molecular formula is C20H16N6O4. The Labute approximate surface area is 170 Å². The van der Waals surface area contributed by atoms with E-state index in [0.29, 0.717) is 11.4 Å². The first-order chi connectivity index (χ1) is 14.5. The number of hydrogen-bond donors (Lipinski definition) is 2. The largest absolute Gasteiger partial charge is 0.285 e. The van der Waals surface area contributed by atoms with Gasteiger partial charge in [-0.05, 0) is 30.3 Å². The van der Waals surface area contributed by atoms with Crippen molar-refractivity contribution in [2.24, 2.45) is 10.2 Å². The van der Waals surface area contributed by atoms with E-state index in [0.717, 1.165) is 6.07 Å². The van der Waals surface area contributed by atoms with Gasteiger partial charge in [0.2, 0.25) is 0 Å². The Hall–Kier alpha value is -4.60. The molecule has 0 heterocycles. The molecule has 0 saturated heterocycles. The third kappa shape index (κ3) is 5.23. The van der Waals surface area contributed by atoms with Crippen molar-refractivity contribution in [3.63, 3.8) is 0 Å². The third-order valence-electron chi connectivity index (χ3n) is 3.91. The molecule has 0 atom stereocenters. The van der Waals surface area contributed by atoms with Crippen LogP contribution in [0.25, 0.3) is 0 Å². The van der Waals surface area contributed by atoms with Crippen LogP contribution in [0.1, 0.15) is 11.1 Å². The second-order valence-corrected chi connectivity index (χ2v) is 5.96. The van der Waals surface area contributed by atoms with Crippen LogP contribution < -0.4 is 10.9 Å². The lowest BCUT2D eigenvalue weighted by molar-refractivity contribution is -0.394. The van der Waals surface area contributed by atoms with Crippen molar-refractivity contribution in [3.8, 4) is 0 Å². The smallest absolute Gasteiger partial charge is 0.279 e. The van der Waals surface area contributed by atoms with Crippen LogP contribution in [0.3, 0.4) is 0 Å². The summed E-state index contributed by atoms with van der Waals surface area (Å²) >= 11 is 0. The summed E-state index contributed by atoms with van der Waals surface area (Å²) in [7, 11) is 0. The van der Waals surface area contributed by atoms with Gasteiger partial charge in [-0.15, -0.1) is 0 Å². The molecule has 3 rings (SSSR count). The maximum atomic E-state index is 11.4. The first-order valence-electron chi connectivity index (χ1n) is 8.69. The van der Waals surface area contributed by atoms with Crippen molar-refractivity contribution < 1.29 is 9.85 Å². The number of rotatable bonds is 8. The second kappa shape index (κ2) is 9.55. The molecule has 2 N–H and O–H groups in total. The maximum absolute atomic E-state index is 11.4. The minimum absolute atomic E-state index is 0.0928. The van der Waals surface area contributed by atoms with Crippen LogP contribution in [0.4, 0.5) is 22.7 Å². The van der Waals surface area contributed by atoms with E-state index in [4.69, 9.17) is 0 Å². The SMILES string of the molecule is O=[N+]([O-])c1cc([N+](=O)[O-])c(/C=N/Nc2ccccc2)cc1/C=N\Nc1ccccc1. The van der Waals surface area contributed by atoms with Crippen LogP contribution >= 0.6 is 0 Å². The standard InChI is InChI=1S/C20H16N6O4/c27-25(28)19-12-20(26(29)30)16(14-22-24-18-9-5-2-6-10-18)11-15(19)13-21-23-17-7-3-1-4-8-17/h1-14,23-24H/b21-13-,22-14+. The fraction of sp³-hybridized carbons (Fsp3) is 0. The summed E-state index contributed by atoms with van der Waals surface area (Å²) in [6, 6.07) is 20.2. The van der Waals surface area contributed by atoms with E-state index in [1.54, 1.807) is 48.5 Å². The van der Waals surface area contributed by atoms with E-state index in [1.165, 1.54) is 18.5 Å². The molecule has 0 spiro atoms. The molecule has 10 nitrogen and oxygen atoms in total. The summed E-state index contributed by atoms with van der Waals surface area (Å²) in [6.07, 6.45) is 2.47. The number of benzene rings is 3. The van der Waals surface area contributed by atoms with E-state index >= 15 is 0 Å². The number of anilines is 2. The molecule has 0 amide bonds. The Morgan fingerprint density at radius 1 is 0.667 bits per heavy atom. The van der Waals surface area contributed by atoms with Gasteiger partial charge >= 0.3 is 0 Å². The minimum Gasteiger partial charge on any atom is -0.279 e. The topological polar surface area (TPSA) is 135 Å².